The van der Waals surface area contributed by atoms with E-state index in [1.165, 1.54) is 12.0 Å². The molecule has 0 amide bonds. The Morgan fingerprint density at radius 1 is 1.42 bits per heavy atom. The highest BCUT2D eigenvalue weighted by atomic mass is 32.1. The maximum absolute atomic E-state index is 5.94. The lowest BCUT2D eigenvalue weighted by molar-refractivity contribution is 0.267. The Kier molecular flexibility index (Phi) is 4.91. The molecule has 2 rings (SSSR count). The predicted molar refractivity (Wildman–Crippen MR) is 84.5 cm³/mol. The van der Waals surface area contributed by atoms with E-state index in [-0.39, 0.29) is 5.92 Å². The Labute approximate surface area is 121 Å². The normalized spacial score (nSPS) is 21.7. The van der Waals surface area contributed by atoms with Gasteiger partial charge in [0.25, 0.3) is 0 Å². The van der Waals surface area contributed by atoms with E-state index in [4.69, 9.17) is 18.0 Å². The summed E-state index contributed by atoms with van der Waals surface area (Å²) < 4.78 is 0. The van der Waals surface area contributed by atoms with E-state index in [9.17, 15) is 0 Å². The summed E-state index contributed by atoms with van der Waals surface area (Å²) in [5, 5.41) is 0. The average Bonchev–Trinajstić information content (AvgIpc) is 2.85. The number of benzene rings is 1. The number of likely N-dealkylation sites (N-methyl/N-ethyl adjacent to an activating group) is 1. The van der Waals surface area contributed by atoms with E-state index in [1.807, 2.05) is 18.2 Å². The van der Waals surface area contributed by atoms with Crippen molar-refractivity contribution < 1.29 is 0 Å². The lowest BCUT2D eigenvalue weighted by Crippen LogP contribution is -2.36. The summed E-state index contributed by atoms with van der Waals surface area (Å²) in [7, 11) is 4.30. The summed E-state index contributed by atoms with van der Waals surface area (Å²) >= 11 is 5.26. The molecule has 1 fully saturated rings. The highest BCUT2D eigenvalue weighted by molar-refractivity contribution is 7.80. The second-order valence-electron chi connectivity index (χ2n) is 5.53. The summed E-state index contributed by atoms with van der Waals surface area (Å²) in [5.41, 5.74) is 7.16. The van der Waals surface area contributed by atoms with Crippen molar-refractivity contribution in [3.63, 3.8) is 0 Å². The van der Waals surface area contributed by atoms with E-state index < -0.39 is 0 Å². The van der Waals surface area contributed by atoms with Gasteiger partial charge in [-0.1, -0.05) is 42.5 Å². The van der Waals surface area contributed by atoms with Gasteiger partial charge in [0.1, 0.15) is 0 Å². The summed E-state index contributed by atoms with van der Waals surface area (Å²) in [6.45, 7) is 3.18. The van der Waals surface area contributed by atoms with E-state index in [1.54, 1.807) is 0 Å². The van der Waals surface area contributed by atoms with Crippen LogP contribution in [0.3, 0.4) is 0 Å². The topological polar surface area (TPSA) is 32.5 Å². The molecule has 0 aromatic heterocycles. The second kappa shape index (κ2) is 6.46. The number of nitrogens with two attached hydrogens (primary N) is 1. The van der Waals surface area contributed by atoms with Gasteiger partial charge in [-0.25, -0.2) is 0 Å². The van der Waals surface area contributed by atoms with Gasteiger partial charge in [-0.15, -0.1) is 0 Å². The Bertz CT molecular complexity index is 419. The van der Waals surface area contributed by atoms with Gasteiger partial charge in [-0.3, -0.25) is 0 Å². The number of hydrogen-bond donors (Lipinski definition) is 1. The molecule has 19 heavy (non-hydrogen) atoms. The maximum Gasteiger partial charge on any atom is 0.0816 e. The molecule has 1 saturated heterocycles. The van der Waals surface area contributed by atoms with Crippen LogP contribution in [0, 0.1) is 0 Å². The van der Waals surface area contributed by atoms with Gasteiger partial charge in [0.05, 0.1) is 4.99 Å². The van der Waals surface area contributed by atoms with Crippen molar-refractivity contribution in [2.24, 2.45) is 5.73 Å². The minimum Gasteiger partial charge on any atom is -0.393 e. The lowest BCUT2D eigenvalue weighted by Gasteiger charge is -2.24. The zero-order chi connectivity index (χ0) is 13.8. The van der Waals surface area contributed by atoms with Crippen molar-refractivity contribution in [2.75, 3.05) is 33.7 Å². The lowest BCUT2D eigenvalue weighted by atomic mass is 9.98. The van der Waals surface area contributed by atoms with Crippen molar-refractivity contribution in [3.05, 3.63) is 35.9 Å². The van der Waals surface area contributed by atoms with E-state index in [2.05, 4.69) is 36.0 Å². The van der Waals surface area contributed by atoms with Crippen LogP contribution in [0.1, 0.15) is 17.9 Å². The molecule has 1 aromatic carbocycles. The van der Waals surface area contributed by atoms with Crippen LogP contribution in [0.4, 0.5) is 0 Å². The van der Waals surface area contributed by atoms with Crippen LogP contribution in [0.15, 0.2) is 30.3 Å². The average molecular weight is 277 g/mol. The molecule has 1 heterocycles. The first-order valence-electron chi connectivity index (χ1n) is 6.81. The summed E-state index contributed by atoms with van der Waals surface area (Å²) in [6, 6.07) is 11.0. The quantitative estimate of drug-likeness (QED) is 0.830. The van der Waals surface area contributed by atoms with Crippen LogP contribution >= 0.6 is 12.2 Å². The molecule has 2 atom stereocenters. The summed E-state index contributed by atoms with van der Waals surface area (Å²) in [5.74, 6) is 0.164. The molecule has 2 unspecified atom stereocenters. The zero-order valence-corrected chi connectivity index (χ0v) is 12.6. The van der Waals surface area contributed by atoms with Gasteiger partial charge in [-0.05, 0) is 32.6 Å². The summed E-state index contributed by atoms with van der Waals surface area (Å²) in [4.78, 5) is 5.37. The molecule has 0 spiro atoms. The van der Waals surface area contributed by atoms with Crippen molar-refractivity contribution in [1.29, 1.82) is 0 Å². The van der Waals surface area contributed by atoms with Gasteiger partial charge >= 0.3 is 0 Å². The maximum atomic E-state index is 5.94. The van der Waals surface area contributed by atoms with Gasteiger partial charge in [0.2, 0.25) is 0 Å². The summed E-state index contributed by atoms with van der Waals surface area (Å²) in [6.07, 6.45) is 1.23. The number of likely N-dealkylation sites (tertiary alicyclic amines) is 1. The van der Waals surface area contributed by atoms with Crippen molar-refractivity contribution >= 4 is 17.2 Å². The molecule has 4 heteroatoms. The predicted octanol–water partition coefficient (Wildman–Crippen LogP) is 1.69. The van der Waals surface area contributed by atoms with Crippen LogP contribution in [-0.4, -0.2) is 54.6 Å². The first-order chi connectivity index (χ1) is 9.08. The smallest absolute Gasteiger partial charge is 0.0816 e. The monoisotopic (exact) mass is 277 g/mol. The number of nitrogens with zero attached hydrogens (tertiary/aromatic N) is 2. The van der Waals surface area contributed by atoms with Crippen molar-refractivity contribution in [2.45, 2.75) is 18.4 Å². The molecule has 1 aliphatic rings. The number of hydrogen-bond acceptors (Lipinski definition) is 3. The van der Waals surface area contributed by atoms with Gasteiger partial charge in [-0.2, -0.15) is 0 Å². The molecule has 2 N–H and O–H groups in total. The molecule has 0 bridgehead atoms. The SMILES string of the molecule is CN(C)C1CCN(CC(C(N)=S)c2ccccc2)C1. The number of thiocarbonyl (C=S) groups is 1. The highest BCUT2D eigenvalue weighted by Crippen LogP contribution is 2.21. The van der Waals surface area contributed by atoms with E-state index >= 15 is 0 Å². The molecule has 0 aliphatic carbocycles. The number of rotatable bonds is 5. The molecule has 0 saturated carbocycles. The Balaban J connectivity index is 2.01. The largest absolute Gasteiger partial charge is 0.393 e. The molecular formula is C15H23N3S. The highest BCUT2D eigenvalue weighted by Gasteiger charge is 2.27. The van der Waals surface area contributed by atoms with Crippen LogP contribution < -0.4 is 5.73 Å². The van der Waals surface area contributed by atoms with Crippen LogP contribution in [-0.2, 0) is 0 Å². The zero-order valence-electron chi connectivity index (χ0n) is 11.7. The Morgan fingerprint density at radius 3 is 2.63 bits per heavy atom. The first-order valence-corrected chi connectivity index (χ1v) is 7.22. The molecule has 0 radical (unpaired) electrons. The molecule has 104 valence electrons. The van der Waals surface area contributed by atoms with Crippen molar-refractivity contribution in [1.82, 2.24) is 9.80 Å². The fraction of sp³-hybridized carbons (Fsp3) is 0.533. The second-order valence-corrected chi connectivity index (χ2v) is 6.00. The third-order valence-electron chi connectivity index (χ3n) is 3.96. The molecule has 1 aliphatic heterocycles. The van der Waals surface area contributed by atoms with Crippen LogP contribution in [0.5, 0.6) is 0 Å². The molecular weight excluding hydrogens is 254 g/mol. The van der Waals surface area contributed by atoms with Gasteiger partial charge < -0.3 is 15.5 Å². The Hall–Kier alpha value is -0.970. The van der Waals surface area contributed by atoms with Crippen LogP contribution in [0.2, 0.25) is 0 Å². The fourth-order valence-electron chi connectivity index (χ4n) is 2.70. The Morgan fingerprint density at radius 2 is 2.11 bits per heavy atom. The minimum absolute atomic E-state index is 0.164. The van der Waals surface area contributed by atoms with E-state index in [0.29, 0.717) is 11.0 Å². The van der Waals surface area contributed by atoms with Gasteiger partial charge in [0.15, 0.2) is 0 Å². The van der Waals surface area contributed by atoms with Gasteiger partial charge in [0, 0.05) is 25.0 Å². The fourth-order valence-corrected chi connectivity index (χ4v) is 2.91. The van der Waals surface area contributed by atoms with Crippen LogP contribution in [0.25, 0.3) is 0 Å². The standard InChI is InChI=1S/C15H23N3S/c1-17(2)13-8-9-18(10-13)11-14(15(16)19)12-6-4-3-5-7-12/h3-7,13-14H,8-11H2,1-2H3,(H2,16,19). The third-order valence-corrected chi connectivity index (χ3v) is 4.25. The van der Waals surface area contributed by atoms with Crippen molar-refractivity contribution in [3.8, 4) is 0 Å². The third kappa shape index (κ3) is 3.75. The molecule has 1 aromatic rings. The van der Waals surface area contributed by atoms with E-state index in [0.717, 1.165) is 19.6 Å². The minimum atomic E-state index is 0.164. The first kappa shape index (κ1) is 14.4. The molecule has 3 nitrogen and oxygen atoms in total.